The van der Waals surface area contributed by atoms with Gasteiger partial charge in [-0.05, 0) is 36.2 Å². The van der Waals surface area contributed by atoms with Crippen molar-refractivity contribution in [2.75, 3.05) is 11.9 Å². The Kier molecular flexibility index (Phi) is 3.34. The van der Waals surface area contributed by atoms with E-state index in [4.69, 9.17) is 4.74 Å². The highest BCUT2D eigenvalue weighted by atomic mass is 19.4. The number of rotatable bonds is 2. The SMILES string of the molecule is FC(F)(F)c1cccc(N[C@H]2c3cccc4ccn(c34)[C@H]3OCC[C@@H]23)c1. The molecule has 3 nitrogen and oxygen atoms in total. The second kappa shape index (κ2) is 5.51. The summed E-state index contributed by atoms with van der Waals surface area (Å²) in [6.07, 6.45) is -1.52. The number of fused-ring (bicyclic) bond motifs is 2. The van der Waals surface area contributed by atoms with Crippen molar-refractivity contribution in [1.82, 2.24) is 4.57 Å². The third-order valence-corrected chi connectivity index (χ3v) is 5.43. The Labute approximate surface area is 148 Å². The van der Waals surface area contributed by atoms with Crippen LogP contribution in [-0.2, 0) is 10.9 Å². The van der Waals surface area contributed by atoms with Crippen molar-refractivity contribution < 1.29 is 17.9 Å². The summed E-state index contributed by atoms with van der Waals surface area (Å²) in [5.41, 5.74) is 2.04. The van der Waals surface area contributed by atoms with Crippen molar-refractivity contribution in [1.29, 1.82) is 0 Å². The highest BCUT2D eigenvalue weighted by Gasteiger charge is 2.42. The Balaban J connectivity index is 1.59. The molecule has 3 atom stereocenters. The molecule has 0 unspecified atom stereocenters. The van der Waals surface area contributed by atoms with Crippen LogP contribution in [0.2, 0.25) is 0 Å². The smallest absolute Gasteiger partial charge is 0.378 e. The van der Waals surface area contributed by atoms with E-state index in [2.05, 4.69) is 22.0 Å². The first-order valence-electron chi connectivity index (χ1n) is 8.67. The molecule has 1 saturated heterocycles. The van der Waals surface area contributed by atoms with Crippen LogP contribution in [0.25, 0.3) is 10.9 Å². The van der Waals surface area contributed by atoms with Gasteiger partial charge in [-0.3, -0.25) is 0 Å². The second-order valence-electron chi connectivity index (χ2n) is 6.92. The van der Waals surface area contributed by atoms with Crippen molar-refractivity contribution in [2.24, 2.45) is 5.92 Å². The van der Waals surface area contributed by atoms with Gasteiger partial charge in [-0.1, -0.05) is 24.3 Å². The van der Waals surface area contributed by atoms with Gasteiger partial charge in [0.05, 0.1) is 17.1 Å². The summed E-state index contributed by atoms with van der Waals surface area (Å²) in [6, 6.07) is 13.5. The molecule has 3 aromatic rings. The lowest BCUT2D eigenvalue weighted by Crippen LogP contribution is -2.30. The molecule has 0 aliphatic carbocycles. The number of anilines is 1. The number of benzene rings is 2. The van der Waals surface area contributed by atoms with Crippen molar-refractivity contribution in [2.45, 2.75) is 24.9 Å². The molecule has 0 bridgehead atoms. The van der Waals surface area contributed by atoms with Crippen LogP contribution < -0.4 is 5.32 Å². The maximum absolute atomic E-state index is 13.1. The number of hydrogen-bond acceptors (Lipinski definition) is 2. The summed E-state index contributed by atoms with van der Waals surface area (Å²) in [4.78, 5) is 0. The van der Waals surface area contributed by atoms with E-state index in [-0.39, 0.29) is 18.2 Å². The average Bonchev–Trinajstić information content (AvgIpc) is 3.25. The molecule has 0 radical (unpaired) electrons. The Morgan fingerprint density at radius 3 is 2.77 bits per heavy atom. The van der Waals surface area contributed by atoms with Crippen LogP contribution in [0.5, 0.6) is 0 Å². The molecule has 0 spiro atoms. The lowest BCUT2D eigenvalue weighted by atomic mass is 9.86. The van der Waals surface area contributed by atoms with Crippen LogP contribution >= 0.6 is 0 Å². The summed E-state index contributed by atoms with van der Waals surface area (Å²) < 4.78 is 47.3. The van der Waals surface area contributed by atoms with Gasteiger partial charge in [0.1, 0.15) is 6.23 Å². The van der Waals surface area contributed by atoms with E-state index < -0.39 is 11.7 Å². The lowest BCUT2D eigenvalue weighted by molar-refractivity contribution is -0.137. The summed E-state index contributed by atoms with van der Waals surface area (Å²) in [6.45, 7) is 0.657. The van der Waals surface area contributed by atoms with E-state index in [0.717, 1.165) is 29.0 Å². The fraction of sp³-hybridized carbons (Fsp3) is 0.300. The molecule has 1 aromatic heterocycles. The molecular weight excluding hydrogens is 341 g/mol. The molecule has 134 valence electrons. The van der Waals surface area contributed by atoms with Gasteiger partial charge in [-0.15, -0.1) is 0 Å². The number of alkyl halides is 3. The maximum atomic E-state index is 13.1. The molecule has 3 heterocycles. The predicted octanol–water partition coefficient (Wildman–Crippen LogP) is 5.36. The zero-order valence-corrected chi connectivity index (χ0v) is 13.8. The minimum absolute atomic E-state index is 0.0781. The van der Waals surface area contributed by atoms with E-state index in [1.165, 1.54) is 12.1 Å². The Morgan fingerprint density at radius 2 is 1.92 bits per heavy atom. The maximum Gasteiger partial charge on any atom is 0.416 e. The molecule has 2 aromatic carbocycles. The zero-order chi connectivity index (χ0) is 17.9. The number of hydrogen-bond donors (Lipinski definition) is 1. The van der Waals surface area contributed by atoms with Crippen LogP contribution in [0.3, 0.4) is 0 Å². The van der Waals surface area contributed by atoms with E-state index >= 15 is 0 Å². The first kappa shape index (κ1) is 15.8. The van der Waals surface area contributed by atoms with E-state index in [0.29, 0.717) is 12.3 Å². The average molecular weight is 358 g/mol. The van der Waals surface area contributed by atoms with Crippen molar-refractivity contribution in [3.63, 3.8) is 0 Å². The van der Waals surface area contributed by atoms with Crippen LogP contribution in [0.4, 0.5) is 18.9 Å². The first-order chi connectivity index (χ1) is 12.5. The van der Waals surface area contributed by atoms with Gasteiger partial charge >= 0.3 is 6.18 Å². The first-order valence-corrected chi connectivity index (χ1v) is 8.67. The van der Waals surface area contributed by atoms with Crippen molar-refractivity contribution >= 4 is 16.6 Å². The number of aromatic nitrogens is 1. The highest BCUT2D eigenvalue weighted by molar-refractivity contribution is 5.85. The molecule has 0 amide bonds. The van der Waals surface area contributed by atoms with Gasteiger partial charge in [0.2, 0.25) is 0 Å². The predicted molar refractivity (Wildman–Crippen MR) is 92.8 cm³/mol. The second-order valence-corrected chi connectivity index (χ2v) is 6.92. The zero-order valence-electron chi connectivity index (χ0n) is 13.8. The third-order valence-electron chi connectivity index (χ3n) is 5.43. The molecule has 2 aliphatic rings. The summed E-state index contributed by atoms with van der Waals surface area (Å²) >= 11 is 0. The third kappa shape index (κ3) is 2.32. The Bertz CT molecular complexity index is 979. The van der Waals surface area contributed by atoms with E-state index in [9.17, 15) is 13.2 Å². The van der Waals surface area contributed by atoms with Crippen LogP contribution in [0.1, 0.15) is 29.8 Å². The number of nitrogens with zero attached hydrogens (tertiary/aromatic N) is 1. The number of ether oxygens (including phenoxy) is 1. The largest absolute Gasteiger partial charge is 0.416 e. The van der Waals surface area contributed by atoms with E-state index in [1.807, 2.05) is 18.3 Å². The number of para-hydroxylation sites is 1. The monoisotopic (exact) mass is 358 g/mol. The van der Waals surface area contributed by atoms with Crippen LogP contribution in [0, 0.1) is 5.92 Å². The molecule has 2 aliphatic heterocycles. The molecule has 5 rings (SSSR count). The highest BCUT2D eigenvalue weighted by Crippen LogP contribution is 2.48. The normalized spacial score (nSPS) is 24.7. The van der Waals surface area contributed by atoms with Gasteiger partial charge in [0.25, 0.3) is 0 Å². The number of nitrogens with one attached hydrogen (secondary N) is 1. The van der Waals surface area contributed by atoms with Crippen molar-refractivity contribution in [3.8, 4) is 0 Å². The molecule has 6 heteroatoms. The summed E-state index contributed by atoms with van der Waals surface area (Å²) in [7, 11) is 0. The molecule has 26 heavy (non-hydrogen) atoms. The fourth-order valence-corrected chi connectivity index (χ4v) is 4.30. The topological polar surface area (TPSA) is 26.2 Å². The summed E-state index contributed by atoms with van der Waals surface area (Å²) in [5, 5.41) is 4.48. The molecular formula is C20H17F3N2O. The quantitative estimate of drug-likeness (QED) is 0.667. The van der Waals surface area contributed by atoms with Gasteiger partial charge in [-0.2, -0.15) is 13.2 Å². The van der Waals surface area contributed by atoms with Gasteiger partial charge < -0.3 is 14.6 Å². The summed E-state index contributed by atoms with van der Waals surface area (Å²) in [5.74, 6) is 0.176. The van der Waals surface area contributed by atoms with Gasteiger partial charge in [-0.25, -0.2) is 0 Å². The van der Waals surface area contributed by atoms with E-state index in [1.54, 1.807) is 6.07 Å². The molecule has 1 N–H and O–H groups in total. The van der Waals surface area contributed by atoms with Gasteiger partial charge in [0, 0.05) is 29.8 Å². The van der Waals surface area contributed by atoms with Crippen LogP contribution in [0.15, 0.2) is 54.7 Å². The standard InChI is InChI=1S/C20H17F3N2O/c21-20(22,23)13-4-2-5-14(11-13)24-17-15-6-1-3-12-7-9-25(18(12)15)19-16(17)8-10-26-19/h1-7,9,11,16-17,19,24H,8,10H2/t16-,17-,19-/m0/s1. The lowest BCUT2D eigenvalue weighted by Gasteiger charge is -2.36. The van der Waals surface area contributed by atoms with Crippen molar-refractivity contribution in [3.05, 3.63) is 65.9 Å². The number of halogens is 3. The Morgan fingerprint density at radius 1 is 1.08 bits per heavy atom. The fourth-order valence-electron chi connectivity index (χ4n) is 4.30. The van der Waals surface area contributed by atoms with Gasteiger partial charge in [0.15, 0.2) is 0 Å². The van der Waals surface area contributed by atoms with Crippen LogP contribution in [-0.4, -0.2) is 11.2 Å². The minimum Gasteiger partial charge on any atom is -0.378 e. The molecule has 1 fully saturated rings. The molecule has 0 saturated carbocycles. The Hall–Kier alpha value is -2.47. The minimum atomic E-state index is -4.35.